The Bertz CT molecular complexity index is 1200. The molecule has 0 atom stereocenters. The molecule has 0 radical (unpaired) electrons. The molecular formula is C23H15N. The van der Waals surface area contributed by atoms with Crippen LogP contribution in [0.25, 0.3) is 43.6 Å². The van der Waals surface area contributed by atoms with E-state index in [1.165, 1.54) is 32.3 Å². The van der Waals surface area contributed by atoms with Crippen molar-refractivity contribution in [3.63, 3.8) is 0 Å². The molecular weight excluding hydrogens is 290 g/mol. The first kappa shape index (κ1) is 13.3. The fourth-order valence-electron chi connectivity index (χ4n) is 3.50. The van der Waals surface area contributed by atoms with Crippen molar-refractivity contribution in [2.75, 3.05) is 0 Å². The second kappa shape index (κ2) is 5.17. The first-order valence-corrected chi connectivity index (χ1v) is 8.16. The Kier molecular flexibility index (Phi) is 2.86. The monoisotopic (exact) mass is 305 g/mol. The number of fused-ring (bicyclic) bond motifs is 4. The van der Waals surface area contributed by atoms with Gasteiger partial charge in [-0.3, -0.25) is 4.98 Å². The van der Waals surface area contributed by atoms with Gasteiger partial charge < -0.3 is 0 Å². The zero-order valence-electron chi connectivity index (χ0n) is 13.1. The molecule has 24 heavy (non-hydrogen) atoms. The van der Waals surface area contributed by atoms with Crippen molar-refractivity contribution in [2.45, 2.75) is 0 Å². The molecule has 5 aromatic rings. The van der Waals surface area contributed by atoms with Crippen LogP contribution in [0.4, 0.5) is 0 Å². The molecule has 0 unspecified atom stereocenters. The summed E-state index contributed by atoms with van der Waals surface area (Å²) in [4.78, 5) is 4.69. The van der Waals surface area contributed by atoms with Gasteiger partial charge in [0, 0.05) is 17.1 Å². The highest BCUT2D eigenvalue weighted by molar-refractivity contribution is 6.11. The zero-order chi connectivity index (χ0) is 15.9. The average Bonchev–Trinajstić information content (AvgIpc) is 2.67. The van der Waals surface area contributed by atoms with Crippen LogP contribution < -0.4 is 0 Å². The van der Waals surface area contributed by atoms with Crippen LogP contribution in [0.5, 0.6) is 0 Å². The lowest BCUT2D eigenvalue weighted by atomic mass is 9.97. The Hall–Kier alpha value is -3.19. The maximum absolute atomic E-state index is 4.69. The SMILES string of the molecule is c1ccc2cc(-c3nccc4c3ccc3ccccc34)ccc2c1. The number of benzene rings is 4. The summed E-state index contributed by atoms with van der Waals surface area (Å²) in [5.74, 6) is 0. The highest BCUT2D eigenvalue weighted by Crippen LogP contribution is 2.32. The van der Waals surface area contributed by atoms with E-state index in [2.05, 4.69) is 84.9 Å². The van der Waals surface area contributed by atoms with E-state index in [1.807, 2.05) is 6.20 Å². The minimum Gasteiger partial charge on any atom is -0.256 e. The number of pyridine rings is 1. The highest BCUT2D eigenvalue weighted by atomic mass is 14.7. The van der Waals surface area contributed by atoms with Crippen molar-refractivity contribution in [3.8, 4) is 11.3 Å². The van der Waals surface area contributed by atoms with Gasteiger partial charge in [0.05, 0.1) is 5.69 Å². The van der Waals surface area contributed by atoms with Crippen LogP contribution in [0.3, 0.4) is 0 Å². The molecule has 0 aliphatic carbocycles. The Morgan fingerprint density at radius 1 is 0.500 bits per heavy atom. The molecule has 0 bridgehead atoms. The maximum Gasteiger partial charge on any atom is 0.0780 e. The number of hydrogen-bond acceptors (Lipinski definition) is 1. The minimum atomic E-state index is 1.05. The zero-order valence-corrected chi connectivity index (χ0v) is 13.1. The number of aromatic nitrogens is 1. The van der Waals surface area contributed by atoms with Gasteiger partial charge in [-0.05, 0) is 39.1 Å². The molecule has 0 saturated heterocycles. The average molecular weight is 305 g/mol. The molecule has 0 spiro atoms. The van der Waals surface area contributed by atoms with E-state index in [-0.39, 0.29) is 0 Å². The molecule has 112 valence electrons. The Morgan fingerprint density at radius 3 is 2.17 bits per heavy atom. The van der Waals surface area contributed by atoms with E-state index in [1.54, 1.807) is 0 Å². The van der Waals surface area contributed by atoms with Crippen molar-refractivity contribution < 1.29 is 0 Å². The standard InChI is InChI=1S/C23H15N/c1-2-7-18-15-19(10-9-16(18)5-1)23-22-12-11-17-6-3-4-8-20(17)21(22)13-14-24-23/h1-15H. The summed E-state index contributed by atoms with van der Waals surface area (Å²) >= 11 is 0. The fraction of sp³-hybridized carbons (Fsp3) is 0. The highest BCUT2D eigenvalue weighted by Gasteiger charge is 2.08. The number of rotatable bonds is 1. The molecule has 0 aliphatic heterocycles. The molecule has 0 saturated carbocycles. The van der Waals surface area contributed by atoms with Crippen LogP contribution in [-0.4, -0.2) is 4.98 Å². The van der Waals surface area contributed by atoms with Gasteiger partial charge in [0.15, 0.2) is 0 Å². The van der Waals surface area contributed by atoms with Crippen LogP contribution >= 0.6 is 0 Å². The summed E-state index contributed by atoms with van der Waals surface area (Å²) in [5.41, 5.74) is 2.21. The van der Waals surface area contributed by atoms with Crippen LogP contribution in [0.2, 0.25) is 0 Å². The van der Waals surface area contributed by atoms with Crippen LogP contribution in [0, 0.1) is 0 Å². The van der Waals surface area contributed by atoms with Gasteiger partial charge in [-0.1, -0.05) is 72.8 Å². The predicted molar refractivity (Wildman–Crippen MR) is 102 cm³/mol. The lowest BCUT2D eigenvalue weighted by Crippen LogP contribution is -1.87. The molecule has 5 rings (SSSR count). The molecule has 0 N–H and O–H groups in total. The first-order valence-electron chi connectivity index (χ1n) is 8.16. The first-order chi connectivity index (χ1) is 11.9. The summed E-state index contributed by atoms with van der Waals surface area (Å²) in [6, 6.07) is 30.0. The maximum atomic E-state index is 4.69. The summed E-state index contributed by atoms with van der Waals surface area (Å²) in [7, 11) is 0. The van der Waals surface area contributed by atoms with E-state index in [0.29, 0.717) is 0 Å². The van der Waals surface area contributed by atoms with Crippen molar-refractivity contribution in [3.05, 3.63) is 91.1 Å². The van der Waals surface area contributed by atoms with Gasteiger partial charge in [-0.15, -0.1) is 0 Å². The summed E-state index contributed by atoms with van der Waals surface area (Å²) in [6.45, 7) is 0. The van der Waals surface area contributed by atoms with Crippen molar-refractivity contribution in [1.82, 2.24) is 4.98 Å². The third kappa shape index (κ3) is 1.99. The van der Waals surface area contributed by atoms with Gasteiger partial charge >= 0.3 is 0 Å². The molecule has 1 heterocycles. The van der Waals surface area contributed by atoms with E-state index < -0.39 is 0 Å². The smallest absolute Gasteiger partial charge is 0.0780 e. The summed E-state index contributed by atoms with van der Waals surface area (Å²) in [5, 5.41) is 7.50. The third-order valence-corrected chi connectivity index (χ3v) is 4.69. The Morgan fingerprint density at radius 2 is 1.25 bits per heavy atom. The van der Waals surface area contributed by atoms with Crippen LogP contribution in [0.15, 0.2) is 91.1 Å². The molecule has 1 nitrogen and oxygen atoms in total. The van der Waals surface area contributed by atoms with Gasteiger partial charge in [0.1, 0.15) is 0 Å². The predicted octanol–water partition coefficient (Wildman–Crippen LogP) is 6.21. The molecule has 0 amide bonds. The molecule has 1 aromatic heterocycles. The third-order valence-electron chi connectivity index (χ3n) is 4.69. The van der Waals surface area contributed by atoms with E-state index in [4.69, 9.17) is 4.98 Å². The van der Waals surface area contributed by atoms with Gasteiger partial charge in [0.2, 0.25) is 0 Å². The minimum absolute atomic E-state index is 1.05. The second-order valence-corrected chi connectivity index (χ2v) is 6.10. The topological polar surface area (TPSA) is 12.9 Å². The summed E-state index contributed by atoms with van der Waals surface area (Å²) < 4.78 is 0. The van der Waals surface area contributed by atoms with Crippen molar-refractivity contribution in [2.24, 2.45) is 0 Å². The lowest BCUT2D eigenvalue weighted by Gasteiger charge is -2.09. The van der Waals surface area contributed by atoms with E-state index >= 15 is 0 Å². The van der Waals surface area contributed by atoms with Crippen molar-refractivity contribution in [1.29, 1.82) is 0 Å². The van der Waals surface area contributed by atoms with E-state index in [9.17, 15) is 0 Å². The lowest BCUT2D eigenvalue weighted by molar-refractivity contribution is 1.36. The van der Waals surface area contributed by atoms with Crippen LogP contribution in [0.1, 0.15) is 0 Å². The van der Waals surface area contributed by atoms with Gasteiger partial charge in [-0.25, -0.2) is 0 Å². The van der Waals surface area contributed by atoms with Gasteiger partial charge in [-0.2, -0.15) is 0 Å². The molecule has 4 aromatic carbocycles. The van der Waals surface area contributed by atoms with E-state index in [0.717, 1.165) is 11.3 Å². The number of hydrogen-bond donors (Lipinski definition) is 0. The second-order valence-electron chi connectivity index (χ2n) is 6.10. The molecule has 0 aliphatic rings. The Balaban J connectivity index is 1.83. The fourth-order valence-corrected chi connectivity index (χ4v) is 3.50. The largest absolute Gasteiger partial charge is 0.256 e. The molecule has 0 fully saturated rings. The Labute approximate surface area is 140 Å². The molecule has 1 heteroatoms. The van der Waals surface area contributed by atoms with Gasteiger partial charge in [0.25, 0.3) is 0 Å². The summed E-state index contributed by atoms with van der Waals surface area (Å²) in [6.07, 6.45) is 1.92. The quantitative estimate of drug-likeness (QED) is 0.336. The normalized spacial score (nSPS) is 11.3. The van der Waals surface area contributed by atoms with Crippen molar-refractivity contribution >= 4 is 32.3 Å². The number of nitrogens with zero attached hydrogens (tertiary/aromatic N) is 1. The van der Waals surface area contributed by atoms with Crippen LogP contribution in [-0.2, 0) is 0 Å².